The van der Waals surface area contributed by atoms with Gasteiger partial charge in [-0.05, 0) is 19.9 Å². The fraction of sp³-hybridized carbons (Fsp3) is 0.357. The highest BCUT2D eigenvalue weighted by molar-refractivity contribution is 7.09. The Kier molecular flexibility index (Phi) is 5.05. The first-order valence-electron chi connectivity index (χ1n) is 6.09. The van der Waals surface area contributed by atoms with E-state index in [1.807, 2.05) is 37.4 Å². The molecule has 3 nitrogen and oxygen atoms in total. The lowest BCUT2D eigenvalue weighted by Gasteiger charge is -2.14. The zero-order valence-electron chi connectivity index (χ0n) is 11.0. The van der Waals surface area contributed by atoms with E-state index in [0.717, 1.165) is 22.0 Å². The van der Waals surface area contributed by atoms with Crippen molar-refractivity contribution in [3.8, 4) is 11.5 Å². The van der Waals surface area contributed by atoms with Crippen LogP contribution in [0.15, 0.2) is 23.6 Å². The molecule has 0 N–H and O–H groups in total. The standard InChI is InChI=1S/C14H16ClNO2S/c1-3-17-13-6-4-5-11(7-15)14(13)18-8-12-9-19-10(2)16-12/h4-6,9H,3,7-8H2,1-2H3. The number of hydrogen-bond donors (Lipinski definition) is 0. The van der Waals surface area contributed by atoms with Crippen molar-refractivity contribution in [1.82, 2.24) is 4.98 Å². The van der Waals surface area contributed by atoms with Crippen LogP contribution in [0.2, 0.25) is 0 Å². The molecule has 0 spiro atoms. The summed E-state index contributed by atoms with van der Waals surface area (Å²) in [5.74, 6) is 1.84. The Morgan fingerprint density at radius 1 is 1.32 bits per heavy atom. The highest BCUT2D eigenvalue weighted by Crippen LogP contribution is 2.33. The van der Waals surface area contributed by atoms with Crippen molar-refractivity contribution in [1.29, 1.82) is 0 Å². The molecule has 2 aromatic rings. The lowest BCUT2D eigenvalue weighted by atomic mass is 10.2. The van der Waals surface area contributed by atoms with Crippen molar-refractivity contribution in [2.45, 2.75) is 26.3 Å². The van der Waals surface area contributed by atoms with Crippen LogP contribution in [0, 0.1) is 6.92 Å². The second-order valence-electron chi connectivity index (χ2n) is 3.96. The molecule has 0 saturated heterocycles. The average molecular weight is 298 g/mol. The molecule has 1 aromatic heterocycles. The van der Waals surface area contributed by atoms with Crippen LogP contribution in [-0.4, -0.2) is 11.6 Å². The summed E-state index contributed by atoms with van der Waals surface area (Å²) < 4.78 is 11.4. The third-order valence-electron chi connectivity index (χ3n) is 2.54. The van der Waals surface area contributed by atoms with Crippen LogP contribution < -0.4 is 9.47 Å². The molecule has 0 aliphatic heterocycles. The molecule has 2 rings (SSSR count). The van der Waals surface area contributed by atoms with Crippen LogP contribution in [0.3, 0.4) is 0 Å². The molecule has 1 heterocycles. The van der Waals surface area contributed by atoms with E-state index >= 15 is 0 Å². The van der Waals surface area contributed by atoms with E-state index in [1.165, 1.54) is 0 Å². The maximum Gasteiger partial charge on any atom is 0.166 e. The van der Waals surface area contributed by atoms with Gasteiger partial charge in [0.15, 0.2) is 11.5 Å². The minimum absolute atomic E-state index is 0.395. The van der Waals surface area contributed by atoms with Gasteiger partial charge in [-0.3, -0.25) is 0 Å². The Bertz CT molecular complexity index is 542. The van der Waals surface area contributed by atoms with Gasteiger partial charge in [0.1, 0.15) is 6.61 Å². The van der Waals surface area contributed by atoms with E-state index in [-0.39, 0.29) is 0 Å². The van der Waals surface area contributed by atoms with Crippen LogP contribution >= 0.6 is 22.9 Å². The number of aromatic nitrogens is 1. The van der Waals surface area contributed by atoms with Gasteiger partial charge < -0.3 is 9.47 Å². The van der Waals surface area contributed by atoms with E-state index in [4.69, 9.17) is 21.1 Å². The number of aryl methyl sites for hydroxylation is 1. The molecule has 0 fully saturated rings. The number of nitrogens with zero attached hydrogens (tertiary/aromatic N) is 1. The molecule has 1 aromatic carbocycles. The molecule has 0 amide bonds. The van der Waals surface area contributed by atoms with Crippen molar-refractivity contribution < 1.29 is 9.47 Å². The molecular formula is C14H16ClNO2S. The first-order chi connectivity index (χ1) is 9.24. The zero-order valence-corrected chi connectivity index (χ0v) is 12.6. The number of halogens is 1. The van der Waals surface area contributed by atoms with Crippen LogP contribution in [0.1, 0.15) is 23.2 Å². The van der Waals surface area contributed by atoms with Crippen LogP contribution in [0.4, 0.5) is 0 Å². The predicted octanol–water partition coefficient (Wildman–Crippen LogP) is 4.17. The summed E-state index contributed by atoms with van der Waals surface area (Å²) in [4.78, 5) is 4.38. The molecule has 0 unspecified atom stereocenters. The summed E-state index contributed by atoms with van der Waals surface area (Å²) in [6.45, 7) is 4.95. The average Bonchev–Trinajstić information content (AvgIpc) is 2.83. The van der Waals surface area contributed by atoms with E-state index in [9.17, 15) is 0 Å². The smallest absolute Gasteiger partial charge is 0.166 e. The van der Waals surface area contributed by atoms with Crippen molar-refractivity contribution in [2.24, 2.45) is 0 Å². The predicted molar refractivity (Wildman–Crippen MR) is 78.4 cm³/mol. The maximum absolute atomic E-state index is 5.94. The van der Waals surface area contributed by atoms with Gasteiger partial charge >= 0.3 is 0 Å². The van der Waals surface area contributed by atoms with Crippen LogP contribution in [-0.2, 0) is 12.5 Å². The van der Waals surface area contributed by atoms with Crippen LogP contribution in [0.5, 0.6) is 11.5 Å². The Balaban J connectivity index is 2.17. The Labute approximate surface area is 122 Å². The molecule has 0 radical (unpaired) electrons. The highest BCUT2D eigenvalue weighted by Gasteiger charge is 2.11. The second kappa shape index (κ2) is 6.78. The van der Waals surface area contributed by atoms with Gasteiger partial charge in [0.2, 0.25) is 0 Å². The van der Waals surface area contributed by atoms with Gasteiger partial charge in [-0.15, -0.1) is 22.9 Å². The number of para-hydroxylation sites is 1. The molecule has 0 aliphatic carbocycles. The fourth-order valence-corrected chi connectivity index (χ4v) is 2.53. The maximum atomic E-state index is 5.94. The lowest BCUT2D eigenvalue weighted by Crippen LogP contribution is -2.02. The molecule has 19 heavy (non-hydrogen) atoms. The highest BCUT2D eigenvalue weighted by atomic mass is 35.5. The molecule has 5 heteroatoms. The molecule has 0 saturated carbocycles. The summed E-state index contributed by atoms with van der Waals surface area (Å²) in [5, 5.41) is 3.04. The fourth-order valence-electron chi connectivity index (χ4n) is 1.72. The number of rotatable bonds is 6. The largest absolute Gasteiger partial charge is 0.490 e. The molecule has 0 bridgehead atoms. The summed E-state index contributed by atoms with van der Waals surface area (Å²) in [6.07, 6.45) is 0. The van der Waals surface area contributed by atoms with Crippen molar-refractivity contribution in [3.63, 3.8) is 0 Å². The summed E-state index contributed by atoms with van der Waals surface area (Å²) in [5.41, 5.74) is 1.86. The van der Waals surface area contributed by atoms with Crippen LogP contribution in [0.25, 0.3) is 0 Å². The minimum Gasteiger partial charge on any atom is -0.490 e. The van der Waals surface area contributed by atoms with E-state index in [2.05, 4.69) is 4.98 Å². The molecular weight excluding hydrogens is 282 g/mol. The number of hydrogen-bond acceptors (Lipinski definition) is 4. The number of thiazole rings is 1. The van der Waals surface area contributed by atoms with Crippen molar-refractivity contribution in [2.75, 3.05) is 6.61 Å². The van der Waals surface area contributed by atoms with Gasteiger partial charge in [-0.25, -0.2) is 4.98 Å². The first-order valence-corrected chi connectivity index (χ1v) is 7.50. The summed E-state index contributed by atoms with van der Waals surface area (Å²) in [6, 6.07) is 5.75. The third kappa shape index (κ3) is 3.61. The minimum atomic E-state index is 0.395. The van der Waals surface area contributed by atoms with Crippen molar-refractivity contribution in [3.05, 3.63) is 39.8 Å². The quantitative estimate of drug-likeness (QED) is 0.750. The van der Waals surface area contributed by atoms with E-state index in [0.29, 0.717) is 24.8 Å². The lowest BCUT2D eigenvalue weighted by molar-refractivity contribution is 0.265. The van der Waals surface area contributed by atoms with Gasteiger partial charge in [0, 0.05) is 10.9 Å². The second-order valence-corrected chi connectivity index (χ2v) is 5.29. The number of alkyl halides is 1. The Morgan fingerprint density at radius 2 is 2.16 bits per heavy atom. The normalized spacial score (nSPS) is 10.5. The molecule has 0 aliphatic rings. The van der Waals surface area contributed by atoms with E-state index in [1.54, 1.807) is 11.3 Å². The molecule has 0 atom stereocenters. The monoisotopic (exact) mass is 297 g/mol. The van der Waals surface area contributed by atoms with Gasteiger partial charge in [0.25, 0.3) is 0 Å². The van der Waals surface area contributed by atoms with E-state index < -0.39 is 0 Å². The third-order valence-corrected chi connectivity index (χ3v) is 3.65. The zero-order chi connectivity index (χ0) is 13.7. The first kappa shape index (κ1) is 14.2. The van der Waals surface area contributed by atoms with Gasteiger partial charge in [-0.1, -0.05) is 12.1 Å². The Morgan fingerprint density at radius 3 is 2.79 bits per heavy atom. The molecule has 102 valence electrons. The SMILES string of the molecule is CCOc1cccc(CCl)c1OCc1csc(C)n1. The Hall–Kier alpha value is -1.26. The van der Waals surface area contributed by atoms with Gasteiger partial charge in [0.05, 0.1) is 23.2 Å². The summed E-state index contributed by atoms with van der Waals surface area (Å²) >= 11 is 7.56. The number of ether oxygens (including phenoxy) is 2. The van der Waals surface area contributed by atoms with Crippen molar-refractivity contribution >= 4 is 22.9 Å². The number of benzene rings is 1. The summed E-state index contributed by atoms with van der Waals surface area (Å²) in [7, 11) is 0. The van der Waals surface area contributed by atoms with Gasteiger partial charge in [-0.2, -0.15) is 0 Å². The topological polar surface area (TPSA) is 31.4 Å².